The molecule has 0 aliphatic carbocycles. The molecule has 2 amide bonds. The van der Waals surface area contributed by atoms with E-state index in [0.717, 1.165) is 6.07 Å². The van der Waals surface area contributed by atoms with Crippen molar-refractivity contribution in [1.29, 1.82) is 0 Å². The Morgan fingerprint density at radius 3 is 2.29 bits per heavy atom. The van der Waals surface area contributed by atoms with Gasteiger partial charge in [0, 0.05) is 6.54 Å². The van der Waals surface area contributed by atoms with Gasteiger partial charge in [-0.2, -0.15) is 13.2 Å². The second-order valence-electron chi connectivity index (χ2n) is 5.42. The summed E-state index contributed by atoms with van der Waals surface area (Å²) in [6, 6.07) is 4.23. The molecule has 0 aliphatic rings. The van der Waals surface area contributed by atoms with Crippen LogP contribution in [-0.4, -0.2) is 24.4 Å². The summed E-state index contributed by atoms with van der Waals surface area (Å²) >= 11 is 0. The van der Waals surface area contributed by atoms with E-state index in [1.165, 1.54) is 18.2 Å². The highest BCUT2D eigenvalue weighted by molar-refractivity contribution is 5.87. The molecule has 1 aromatic carbocycles. The molecule has 0 saturated heterocycles. The highest BCUT2D eigenvalue weighted by Gasteiger charge is 2.32. The lowest BCUT2D eigenvalue weighted by Crippen LogP contribution is -2.47. The van der Waals surface area contributed by atoms with Crippen molar-refractivity contribution in [1.82, 2.24) is 10.6 Å². The van der Waals surface area contributed by atoms with Gasteiger partial charge in [-0.15, -0.1) is 12.4 Å². The fourth-order valence-electron chi connectivity index (χ4n) is 1.80. The minimum Gasteiger partial charge on any atom is -0.350 e. The molecular formula is C15H21ClF3N3O2. The molecule has 4 N–H and O–H groups in total. The zero-order valence-electron chi connectivity index (χ0n) is 13.3. The number of rotatable bonds is 6. The molecule has 5 nitrogen and oxygen atoms in total. The van der Waals surface area contributed by atoms with Gasteiger partial charge in [-0.3, -0.25) is 9.59 Å². The zero-order valence-corrected chi connectivity index (χ0v) is 14.1. The van der Waals surface area contributed by atoms with Gasteiger partial charge in [-0.05, 0) is 17.5 Å². The number of carbonyl (C=O) groups excluding carboxylic acids is 2. The van der Waals surface area contributed by atoms with Crippen molar-refractivity contribution in [3.05, 3.63) is 35.4 Å². The lowest BCUT2D eigenvalue weighted by molar-refractivity contribution is -0.138. The van der Waals surface area contributed by atoms with Crippen LogP contribution in [0.4, 0.5) is 13.2 Å². The topological polar surface area (TPSA) is 84.2 Å². The molecule has 9 heteroatoms. The van der Waals surface area contributed by atoms with Crippen molar-refractivity contribution in [2.24, 2.45) is 11.7 Å². The van der Waals surface area contributed by atoms with E-state index in [9.17, 15) is 22.8 Å². The zero-order chi connectivity index (χ0) is 17.6. The maximum absolute atomic E-state index is 12.8. The highest BCUT2D eigenvalue weighted by Crippen LogP contribution is 2.31. The lowest BCUT2D eigenvalue weighted by Gasteiger charge is -2.16. The number of hydrogen-bond donors (Lipinski definition) is 3. The first-order valence-corrected chi connectivity index (χ1v) is 7.08. The van der Waals surface area contributed by atoms with Crippen LogP contribution in [0.1, 0.15) is 25.0 Å². The fraction of sp³-hybridized carbons (Fsp3) is 0.467. The molecule has 0 bridgehead atoms. The molecule has 0 spiro atoms. The Bertz CT molecular complexity index is 565. The van der Waals surface area contributed by atoms with Crippen molar-refractivity contribution in [2.75, 3.05) is 6.54 Å². The quantitative estimate of drug-likeness (QED) is 0.717. The molecule has 0 aromatic heterocycles. The number of carbonyl (C=O) groups is 2. The van der Waals surface area contributed by atoms with Gasteiger partial charge >= 0.3 is 6.18 Å². The summed E-state index contributed by atoms with van der Waals surface area (Å²) in [4.78, 5) is 23.2. The van der Waals surface area contributed by atoms with Gasteiger partial charge in [-0.25, -0.2) is 0 Å². The van der Waals surface area contributed by atoms with Crippen molar-refractivity contribution in [3.8, 4) is 0 Å². The Kier molecular flexibility index (Phi) is 8.77. The normalized spacial score (nSPS) is 12.3. The van der Waals surface area contributed by atoms with Gasteiger partial charge in [0.05, 0.1) is 18.2 Å². The van der Waals surface area contributed by atoms with Gasteiger partial charge in [0.15, 0.2) is 0 Å². The minimum absolute atomic E-state index is 0. The number of alkyl halides is 3. The fourth-order valence-corrected chi connectivity index (χ4v) is 1.80. The van der Waals surface area contributed by atoms with E-state index in [1.807, 2.05) is 0 Å². The Hall–Kier alpha value is -1.80. The number of halogens is 4. The van der Waals surface area contributed by atoms with E-state index in [2.05, 4.69) is 10.6 Å². The molecule has 0 radical (unpaired) electrons. The summed E-state index contributed by atoms with van der Waals surface area (Å²) < 4.78 is 38.4. The second kappa shape index (κ2) is 9.48. The molecular weight excluding hydrogens is 347 g/mol. The molecule has 1 atom stereocenters. The Labute approximate surface area is 144 Å². The van der Waals surface area contributed by atoms with Crippen LogP contribution in [0.3, 0.4) is 0 Å². The van der Waals surface area contributed by atoms with Crippen molar-refractivity contribution in [3.63, 3.8) is 0 Å². The predicted octanol–water partition coefficient (Wildman–Crippen LogP) is 1.84. The maximum atomic E-state index is 12.8. The summed E-state index contributed by atoms with van der Waals surface area (Å²) in [7, 11) is 0. The molecule has 1 aromatic rings. The number of amides is 2. The summed E-state index contributed by atoms with van der Waals surface area (Å²) in [5.74, 6) is -1.16. The third-order valence-electron chi connectivity index (χ3n) is 3.24. The number of benzene rings is 1. The number of nitrogens with one attached hydrogen (secondary N) is 2. The van der Waals surface area contributed by atoms with Gasteiger partial charge < -0.3 is 16.4 Å². The predicted molar refractivity (Wildman–Crippen MR) is 86.4 cm³/mol. The molecule has 0 saturated carbocycles. The van der Waals surface area contributed by atoms with Crippen LogP contribution in [0.5, 0.6) is 0 Å². The van der Waals surface area contributed by atoms with Gasteiger partial charge in [0.25, 0.3) is 0 Å². The summed E-state index contributed by atoms with van der Waals surface area (Å²) in [6.07, 6.45) is -4.49. The minimum atomic E-state index is -4.49. The van der Waals surface area contributed by atoms with E-state index in [0.29, 0.717) is 0 Å². The summed E-state index contributed by atoms with van der Waals surface area (Å²) in [5.41, 5.74) is 4.77. The third kappa shape index (κ3) is 6.76. The largest absolute Gasteiger partial charge is 0.416 e. The van der Waals surface area contributed by atoms with Gasteiger partial charge in [0.2, 0.25) is 11.8 Å². The average molecular weight is 368 g/mol. The second-order valence-corrected chi connectivity index (χ2v) is 5.42. The highest BCUT2D eigenvalue weighted by atomic mass is 35.5. The molecule has 0 unspecified atom stereocenters. The summed E-state index contributed by atoms with van der Waals surface area (Å²) in [5, 5.41) is 4.69. The third-order valence-corrected chi connectivity index (χ3v) is 3.24. The van der Waals surface area contributed by atoms with E-state index >= 15 is 0 Å². The smallest absolute Gasteiger partial charge is 0.350 e. The van der Waals surface area contributed by atoms with E-state index in [1.54, 1.807) is 13.8 Å². The molecule has 24 heavy (non-hydrogen) atoms. The van der Waals surface area contributed by atoms with Crippen LogP contribution < -0.4 is 16.4 Å². The number of nitrogens with two attached hydrogens (primary N) is 1. The Balaban J connectivity index is 0.00000529. The van der Waals surface area contributed by atoms with E-state index in [4.69, 9.17) is 5.73 Å². The van der Waals surface area contributed by atoms with E-state index in [-0.39, 0.29) is 37.0 Å². The number of hydrogen-bond acceptors (Lipinski definition) is 3. The SMILES string of the molecule is CC(C)[C@H](N)C(=O)NCC(=O)NCc1ccccc1C(F)(F)F.Cl. The first-order valence-electron chi connectivity index (χ1n) is 7.08. The molecule has 1 rings (SSSR count). The van der Waals surface area contributed by atoms with Crippen LogP contribution in [0.25, 0.3) is 0 Å². The van der Waals surface area contributed by atoms with Crippen LogP contribution in [0.15, 0.2) is 24.3 Å². The lowest BCUT2D eigenvalue weighted by atomic mass is 10.1. The van der Waals surface area contributed by atoms with Crippen molar-refractivity contribution < 1.29 is 22.8 Å². The summed E-state index contributed by atoms with van der Waals surface area (Å²) in [6.45, 7) is 2.91. The maximum Gasteiger partial charge on any atom is 0.416 e. The monoisotopic (exact) mass is 367 g/mol. The van der Waals surface area contributed by atoms with Gasteiger partial charge in [-0.1, -0.05) is 32.0 Å². The van der Waals surface area contributed by atoms with Crippen LogP contribution in [0.2, 0.25) is 0 Å². The molecule has 0 fully saturated rings. The van der Waals surface area contributed by atoms with Crippen molar-refractivity contribution >= 4 is 24.2 Å². The van der Waals surface area contributed by atoms with Crippen molar-refractivity contribution in [2.45, 2.75) is 32.6 Å². The Morgan fingerprint density at radius 2 is 1.75 bits per heavy atom. The van der Waals surface area contributed by atoms with Crippen LogP contribution in [0, 0.1) is 5.92 Å². The van der Waals surface area contributed by atoms with Gasteiger partial charge in [0.1, 0.15) is 0 Å². The molecule has 136 valence electrons. The molecule has 0 aliphatic heterocycles. The molecule has 0 heterocycles. The first-order chi connectivity index (χ1) is 10.6. The Morgan fingerprint density at radius 1 is 1.17 bits per heavy atom. The van der Waals surface area contributed by atoms with Crippen LogP contribution >= 0.6 is 12.4 Å². The standard InChI is InChI=1S/C15H20F3N3O2.ClH/c1-9(2)13(19)14(23)21-8-12(22)20-7-10-5-3-4-6-11(10)15(16,17)18;/h3-6,9,13H,7-8,19H2,1-2H3,(H,20,22)(H,21,23);1H/t13-;/m0./s1. The van der Waals surface area contributed by atoms with E-state index < -0.39 is 29.6 Å². The van der Waals surface area contributed by atoms with Crippen LogP contribution in [-0.2, 0) is 22.3 Å². The first kappa shape index (κ1) is 22.2. The average Bonchev–Trinajstić information content (AvgIpc) is 2.49.